The van der Waals surface area contributed by atoms with E-state index in [1.54, 1.807) is 5.31 Å². The van der Waals surface area contributed by atoms with E-state index in [1.807, 2.05) is 0 Å². The average Bonchev–Trinajstić information content (AvgIpc) is 2.84. The largest absolute Gasteiger partial charge is 0.0622 e. The first kappa shape index (κ1) is 21.7. The summed E-state index contributed by atoms with van der Waals surface area (Å²) in [4.78, 5) is 0. The maximum atomic E-state index is 2.61. The zero-order chi connectivity index (χ0) is 21.5. The van der Waals surface area contributed by atoms with Crippen LogP contribution in [0.15, 0.2) is 132 Å². The van der Waals surface area contributed by atoms with Gasteiger partial charge in [-0.05, 0) is 54.1 Å². The van der Waals surface area contributed by atoms with Gasteiger partial charge in [0, 0.05) is 0 Å². The lowest BCUT2D eigenvalue weighted by Gasteiger charge is -2.27. The fourth-order valence-electron chi connectivity index (χ4n) is 3.67. The van der Waals surface area contributed by atoms with Gasteiger partial charge in [-0.25, -0.2) is 0 Å². The highest BCUT2D eigenvalue weighted by Crippen LogP contribution is 2.51. The molecule has 0 aromatic heterocycles. The van der Waals surface area contributed by atoms with Gasteiger partial charge in [0.05, 0.1) is 0 Å². The van der Waals surface area contributed by atoms with Crippen molar-refractivity contribution in [2.75, 3.05) is 0 Å². The van der Waals surface area contributed by atoms with Crippen molar-refractivity contribution in [3.05, 3.63) is 132 Å². The van der Waals surface area contributed by atoms with Gasteiger partial charge in [0.2, 0.25) is 0 Å². The van der Waals surface area contributed by atoms with Crippen LogP contribution in [0.25, 0.3) is 0 Å². The third-order valence-electron chi connectivity index (χ3n) is 5.21. The van der Waals surface area contributed by atoms with Gasteiger partial charge in [-0.2, -0.15) is 0 Å². The van der Waals surface area contributed by atoms with Crippen LogP contribution in [0.5, 0.6) is 0 Å². The summed E-state index contributed by atoms with van der Waals surface area (Å²) in [6.07, 6.45) is 0. The second kappa shape index (κ2) is 10.7. The molecule has 31 heavy (non-hydrogen) atoms. The Hall–Kier alpha value is -2.52. The number of benzene rings is 4. The summed E-state index contributed by atoms with van der Waals surface area (Å²) >= 11 is 0. The first-order valence-electron chi connectivity index (χ1n) is 10.8. The van der Waals surface area contributed by atoms with Crippen LogP contribution in [-0.4, -0.2) is 0 Å². The zero-order valence-corrected chi connectivity index (χ0v) is 19.9. The molecule has 2 heteroatoms. The molecular weight excluding hydrogens is 410 g/mol. The molecule has 0 aliphatic heterocycles. The van der Waals surface area contributed by atoms with Crippen molar-refractivity contribution < 1.29 is 0 Å². The van der Waals surface area contributed by atoms with Crippen molar-refractivity contribution in [1.82, 2.24) is 0 Å². The SMILES string of the molecule is CC(C)/C(=C/P(c1ccccc1)c1ccccc1)P(c1ccccc1)c1ccccc1. The van der Waals surface area contributed by atoms with Gasteiger partial charge < -0.3 is 0 Å². The Morgan fingerprint density at radius 1 is 0.516 bits per heavy atom. The average molecular weight is 438 g/mol. The Kier molecular flexibility index (Phi) is 7.48. The van der Waals surface area contributed by atoms with E-state index in [-0.39, 0.29) is 0 Å². The summed E-state index contributed by atoms with van der Waals surface area (Å²) in [6.45, 7) is 4.69. The molecule has 0 heterocycles. The molecule has 0 amide bonds. The van der Waals surface area contributed by atoms with E-state index in [0.29, 0.717) is 5.92 Å². The molecule has 154 valence electrons. The highest BCUT2D eigenvalue weighted by Gasteiger charge is 2.23. The van der Waals surface area contributed by atoms with Crippen molar-refractivity contribution in [1.29, 1.82) is 0 Å². The standard InChI is InChI=1S/C29H28P2/c1-24(2)29(31(27-19-11-5-12-20-27)28-21-13-6-14-22-28)23-30(25-15-7-3-8-16-25)26-17-9-4-10-18-26/h3-24H,1-2H3/b29-23-. The number of hydrogen-bond acceptors (Lipinski definition) is 0. The number of rotatable bonds is 7. The predicted molar refractivity (Wildman–Crippen MR) is 141 cm³/mol. The molecule has 0 saturated heterocycles. The Labute approximate surface area is 189 Å². The quantitative estimate of drug-likeness (QED) is 0.280. The van der Waals surface area contributed by atoms with Gasteiger partial charge in [-0.1, -0.05) is 135 Å². The van der Waals surface area contributed by atoms with Crippen molar-refractivity contribution in [2.24, 2.45) is 5.92 Å². The third-order valence-corrected chi connectivity index (χ3v) is 10.4. The summed E-state index contributed by atoms with van der Waals surface area (Å²) in [6, 6.07) is 44.0. The highest BCUT2D eigenvalue weighted by molar-refractivity contribution is 7.80. The predicted octanol–water partition coefficient (Wildman–Crippen LogP) is 6.75. The van der Waals surface area contributed by atoms with Gasteiger partial charge in [0.1, 0.15) is 0 Å². The minimum Gasteiger partial charge on any atom is -0.0622 e. The van der Waals surface area contributed by atoms with E-state index in [0.717, 1.165) is 0 Å². The fourth-order valence-corrected chi connectivity index (χ4v) is 8.98. The van der Waals surface area contributed by atoms with Crippen LogP contribution in [-0.2, 0) is 0 Å². The van der Waals surface area contributed by atoms with Crippen molar-refractivity contribution in [3.63, 3.8) is 0 Å². The molecule has 0 bridgehead atoms. The van der Waals surface area contributed by atoms with E-state index in [2.05, 4.69) is 141 Å². The molecule has 0 unspecified atom stereocenters. The van der Waals surface area contributed by atoms with E-state index in [1.165, 1.54) is 21.2 Å². The first-order chi connectivity index (χ1) is 15.2. The molecule has 0 aliphatic rings. The summed E-state index contributed by atoms with van der Waals surface area (Å²) in [5.41, 5.74) is 0. The van der Waals surface area contributed by atoms with Crippen molar-refractivity contribution in [3.8, 4) is 0 Å². The molecule has 0 saturated carbocycles. The van der Waals surface area contributed by atoms with Crippen LogP contribution < -0.4 is 21.2 Å². The van der Waals surface area contributed by atoms with Crippen LogP contribution in [0.1, 0.15) is 13.8 Å². The lowest BCUT2D eigenvalue weighted by atomic mass is 10.2. The summed E-state index contributed by atoms with van der Waals surface area (Å²) in [5, 5.41) is 7.18. The maximum Gasteiger partial charge on any atom is -0.0154 e. The van der Waals surface area contributed by atoms with E-state index in [4.69, 9.17) is 0 Å². The zero-order valence-electron chi connectivity index (χ0n) is 18.1. The van der Waals surface area contributed by atoms with E-state index < -0.39 is 15.8 Å². The van der Waals surface area contributed by atoms with Gasteiger partial charge in [0.25, 0.3) is 0 Å². The van der Waals surface area contributed by atoms with Gasteiger partial charge in [0.15, 0.2) is 0 Å². The number of allylic oxidation sites excluding steroid dienone is 1. The summed E-state index contributed by atoms with van der Waals surface area (Å²) in [7, 11) is -1.17. The minimum absolute atomic E-state index is 0.462. The molecule has 0 spiro atoms. The lowest BCUT2D eigenvalue weighted by Crippen LogP contribution is -2.16. The minimum atomic E-state index is -0.590. The van der Waals surface area contributed by atoms with Crippen molar-refractivity contribution in [2.45, 2.75) is 13.8 Å². The van der Waals surface area contributed by atoms with Crippen LogP contribution in [0.4, 0.5) is 0 Å². The second-order valence-corrected chi connectivity index (χ2v) is 12.0. The Morgan fingerprint density at radius 3 is 1.16 bits per heavy atom. The van der Waals surface area contributed by atoms with Crippen molar-refractivity contribution >= 4 is 37.1 Å². The van der Waals surface area contributed by atoms with Gasteiger partial charge in [-0.15, -0.1) is 0 Å². The molecule has 0 nitrogen and oxygen atoms in total. The highest BCUT2D eigenvalue weighted by atomic mass is 31.1. The van der Waals surface area contributed by atoms with Crippen LogP contribution in [0, 0.1) is 5.92 Å². The van der Waals surface area contributed by atoms with Crippen LogP contribution >= 0.6 is 15.8 Å². The van der Waals surface area contributed by atoms with Gasteiger partial charge >= 0.3 is 0 Å². The Balaban J connectivity index is 1.90. The van der Waals surface area contributed by atoms with Crippen LogP contribution in [0.2, 0.25) is 0 Å². The normalized spacial score (nSPS) is 12.0. The molecule has 4 aromatic carbocycles. The Bertz CT molecular complexity index is 1010. The lowest BCUT2D eigenvalue weighted by molar-refractivity contribution is 0.816. The molecule has 0 fully saturated rings. The molecule has 4 aromatic rings. The number of hydrogen-bond donors (Lipinski definition) is 0. The third kappa shape index (κ3) is 5.40. The summed E-state index contributed by atoms with van der Waals surface area (Å²) in [5.74, 6) is 3.07. The fraction of sp³-hybridized carbons (Fsp3) is 0.103. The molecule has 0 atom stereocenters. The molecule has 4 rings (SSSR count). The summed E-state index contributed by atoms with van der Waals surface area (Å²) < 4.78 is 0. The first-order valence-corrected chi connectivity index (χ1v) is 13.5. The van der Waals surface area contributed by atoms with E-state index >= 15 is 0 Å². The molecule has 0 N–H and O–H groups in total. The maximum absolute atomic E-state index is 2.61. The smallest absolute Gasteiger partial charge is 0.0154 e. The monoisotopic (exact) mass is 438 g/mol. The molecule has 0 aliphatic carbocycles. The molecule has 0 radical (unpaired) electrons. The second-order valence-electron chi connectivity index (χ2n) is 7.76. The van der Waals surface area contributed by atoms with E-state index in [9.17, 15) is 0 Å². The topological polar surface area (TPSA) is 0 Å². The molecular formula is C29H28P2. The Morgan fingerprint density at radius 2 is 0.839 bits per heavy atom. The van der Waals surface area contributed by atoms with Gasteiger partial charge in [-0.3, -0.25) is 0 Å². The van der Waals surface area contributed by atoms with Crippen LogP contribution in [0.3, 0.4) is 0 Å².